The zero-order chi connectivity index (χ0) is 16.3. The molecule has 0 bridgehead atoms. The van der Waals surface area contributed by atoms with Crippen LogP contribution in [0.2, 0.25) is 0 Å². The van der Waals surface area contributed by atoms with E-state index in [2.05, 4.69) is 37.6 Å². The molecule has 7 heteroatoms. The highest BCUT2D eigenvalue weighted by atomic mass is 127. The molecule has 0 spiro atoms. The highest BCUT2D eigenvalue weighted by Gasteiger charge is 2.12. The fraction of sp³-hybridized carbons (Fsp3) is 0.647. The lowest BCUT2D eigenvalue weighted by atomic mass is 10.3. The van der Waals surface area contributed by atoms with Gasteiger partial charge in [0.1, 0.15) is 5.82 Å². The van der Waals surface area contributed by atoms with Crippen molar-refractivity contribution in [3.63, 3.8) is 0 Å². The monoisotopic (exact) mass is 447 g/mol. The topological polar surface area (TPSA) is 61.8 Å². The van der Waals surface area contributed by atoms with Crippen molar-refractivity contribution < 1.29 is 4.74 Å². The van der Waals surface area contributed by atoms with Crippen molar-refractivity contribution in [3.8, 4) is 0 Å². The Morgan fingerprint density at radius 3 is 2.71 bits per heavy atom. The molecule has 6 nitrogen and oxygen atoms in total. The summed E-state index contributed by atoms with van der Waals surface area (Å²) in [5.41, 5.74) is 1.16. The lowest BCUT2D eigenvalue weighted by Crippen LogP contribution is -2.37. The minimum atomic E-state index is 0. The van der Waals surface area contributed by atoms with Crippen molar-refractivity contribution in [2.24, 2.45) is 4.99 Å². The number of anilines is 1. The van der Waals surface area contributed by atoms with Crippen molar-refractivity contribution in [1.82, 2.24) is 15.6 Å². The number of ether oxygens (including phenoxy) is 1. The van der Waals surface area contributed by atoms with Gasteiger partial charge in [0.25, 0.3) is 0 Å². The van der Waals surface area contributed by atoms with Gasteiger partial charge in [0.15, 0.2) is 5.96 Å². The molecule has 1 aromatic heterocycles. The van der Waals surface area contributed by atoms with Crippen molar-refractivity contribution in [2.45, 2.75) is 32.7 Å². The summed E-state index contributed by atoms with van der Waals surface area (Å²) in [5.74, 6) is 1.90. The minimum absolute atomic E-state index is 0. The van der Waals surface area contributed by atoms with E-state index in [-0.39, 0.29) is 24.0 Å². The maximum atomic E-state index is 5.32. The molecule has 136 valence electrons. The van der Waals surface area contributed by atoms with Crippen LogP contribution >= 0.6 is 24.0 Å². The first-order valence-electron chi connectivity index (χ1n) is 8.55. The molecule has 0 unspecified atom stereocenters. The Morgan fingerprint density at radius 2 is 2.08 bits per heavy atom. The van der Waals surface area contributed by atoms with Gasteiger partial charge in [-0.25, -0.2) is 4.98 Å². The summed E-state index contributed by atoms with van der Waals surface area (Å²) in [6.07, 6.45) is 5.47. The van der Waals surface area contributed by atoms with Gasteiger partial charge in [0, 0.05) is 52.6 Å². The smallest absolute Gasteiger partial charge is 0.191 e. The summed E-state index contributed by atoms with van der Waals surface area (Å²) in [6.45, 7) is 7.39. The van der Waals surface area contributed by atoms with Crippen molar-refractivity contribution in [2.75, 3.05) is 44.8 Å². The number of hydrogen-bond donors (Lipinski definition) is 2. The van der Waals surface area contributed by atoms with Gasteiger partial charge in [-0.3, -0.25) is 4.99 Å². The SMILES string of the molecule is CCOCCCNC(=NC)NCc1ccc(N2CCCC2)nc1.I. The molecule has 0 aliphatic carbocycles. The molecule has 0 atom stereocenters. The molecule has 1 aromatic rings. The van der Waals surface area contributed by atoms with E-state index in [0.717, 1.165) is 63.2 Å². The first-order chi connectivity index (χ1) is 11.3. The molecule has 0 saturated carbocycles. The highest BCUT2D eigenvalue weighted by molar-refractivity contribution is 14.0. The third-order valence-electron chi connectivity index (χ3n) is 3.88. The molecule has 2 N–H and O–H groups in total. The number of rotatable bonds is 8. The quantitative estimate of drug-likeness (QED) is 0.278. The number of pyridine rings is 1. The first-order valence-corrected chi connectivity index (χ1v) is 8.55. The summed E-state index contributed by atoms with van der Waals surface area (Å²) in [6, 6.07) is 4.25. The van der Waals surface area contributed by atoms with E-state index >= 15 is 0 Å². The van der Waals surface area contributed by atoms with Crippen LogP contribution in [-0.2, 0) is 11.3 Å². The summed E-state index contributed by atoms with van der Waals surface area (Å²) in [5, 5.41) is 6.60. The molecule has 24 heavy (non-hydrogen) atoms. The summed E-state index contributed by atoms with van der Waals surface area (Å²) in [7, 11) is 1.78. The van der Waals surface area contributed by atoms with Gasteiger partial charge in [-0.05, 0) is 37.8 Å². The van der Waals surface area contributed by atoms with Crippen molar-refractivity contribution >= 4 is 35.8 Å². The van der Waals surface area contributed by atoms with Crippen LogP contribution in [0.5, 0.6) is 0 Å². The number of nitrogens with one attached hydrogen (secondary N) is 2. The molecule has 1 fully saturated rings. The van der Waals surface area contributed by atoms with Gasteiger partial charge in [0.05, 0.1) is 0 Å². The largest absolute Gasteiger partial charge is 0.382 e. The van der Waals surface area contributed by atoms with E-state index in [1.807, 2.05) is 13.1 Å². The molecule has 1 aliphatic heterocycles. The number of nitrogens with zero attached hydrogens (tertiary/aromatic N) is 3. The fourth-order valence-electron chi connectivity index (χ4n) is 2.59. The second-order valence-electron chi connectivity index (χ2n) is 5.62. The van der Waals surface area contributed by atoms with Crippen molar-refractivity contribution in [1.29, 1.82) is 0 Å². The normalized spacial score (nSPS) is 14.4. The summed E-state index contributed by atoms with van der Waals surface area (Å²) < 4.78 is 5.32. The Labute approximate surface area is 162 Å². The lowest BCUT2D eigenvalue weighted by molar-refractivity contribution is 0.145. The van der Waals surface area contributed by atoms with E-state index in [0.29, 0.717) is 0 Å². The van der Waals surface area contributed by atoms with E-state index < -0.39 is 0 Å². The van der Waals surface area contributed by atoms with Gasteiger partial charge in [0.2, 0.25) is 0 Å². The number of aliphatic imine (C=N–C) groups is 1. The van der Waals surface area contributed by atoms with E-state index in [9.17, 15) is 0 Å². The van der Waals surface area contributed by atoms with Crippen LogP contribution in [0.1, 0.15) is 31.7 Å². The van der Waals surface area contributed by atoms with Gasteiger partial charge >= 0.3 is 0 Å². The van der Waals surface area contributed by atoms with Gasteiger partial charge in [-0.1, -0.05) is 6.07 Å². The van der Waals surface area contributed by atoms with E-state index in [4.69, 9.17) is 4.74 Å². The molecule has 0 radical (unpaired) electrons. The average Bonchev–Trinajstić information content (AvgIpc) is 3.12. The third-order valence-corrected chi connectivity index (χ3v) is 3.88. The Bertz CT molecular complexity index is 474. The van der Waals surface area contributed by atoms with Crippen LogP contribution in [0.4, 0.5) is 5.82 Å². The summed E-state index contributed by atoms with van der Waals surface area (Å²) in [4.78, 5) is 11.1. The lowest BCUT2D eigenvalue weighted by Gasteiger charge is -2.16. The first kappa shape index (κ1) is 21.0. The van der Waals surface area contributed by atoms with Crippen LogP contribution in [0, 0.1) is 0 Å². The van der Waals surface area contributed by atoms with Crippen molar-refractivity contribution in [3.05, 3.63) is 23.9 Å². The van der Waals surface area contributed by atoms with Crippen LogP contribution < -0.4 is 15.5 Å². The standard InChI is InChI=1S/C17H29N5O.HI/c1-3-23-12-6-9-19-17(18-2)21-14-15-7-8-16(20-13-15)22-10-4-5-11-22;/h7-8,13H,3-6,9-12,14H2,1-2H3,(H2,18,19,21);1H. The number of halogens is 1. The van der Waals surface area contributed by atoms with Crippen LogP contribution in [0.25, 0.3) is 0 Å². The molecular formula is C17H30IN5O. The van der Waals surface area contributed by atoms with E-state index in [1.165, 1.54) is 12.8 Å². The third kappa shape index (κ3) is 7.21. The molecule has 0 amide bonds. The highest BCUT2D eigenvalue weighted by Crippen LogP contribution is 2.17. The molecular weight excluding hydrogens is 417 g/mol. The number of guanidine groups is 1. The van der Waals surface area contributed by atoms with Crippen LogP contribution in [0.15, 0.2) is 23.3 Å². The van der Waals surface area contributed by atoms with Crippen LogP contribution in [0.3, 0.4) is 0 Å². The zero-order valence-corrected chi connectivity index (χ0v) is 17.1. The average molecular weight is 447 g/mol. The molecule has 1 saturated heterocycles. The summed E-state index contributed by atoms with van der Waals surface area (Å²) >= 11 is 0. The van der Waals surface area contributed by atoms with Gasteiger partial charge in [-0.15, -0.1) is 24.0 Å². The molecule has 0 aromatic carbocycles. The maximum absolute atomic E-state index is 5.32. The number of aromatic nitrogens is 1. The van der Waals surface area contributed by atoms with Crippen LogP contribution in [-0.4, -0.2) is 50.8 Å². The Balaban J connectivity index is 0.00000288. The predicted molar refractivity (Wildman–Crippen MR) is 110 cm³/mol. The second kappa shape index (κ2) is 12.3. The predicted octanol–water partition coefficient (Wildman–Crippen LogP) is 2.39. The zero-order valence-electron chi connectivity index (χ0n) is 14.8. The second-order valence-corrected chi connectivity index (χ2v) is 5.62. The maximum Gasteiger partial charge on any atom is 0.191 e. The fourth-order valence-corrected chi connectivity index (χ4v) is 2.59. The molecule has 2 rings (SSSR count). The van der Waals surface area contributed by atoms with E-state index in [1.54, 1.807) is 7.05 Å². The Morgan fingerprint density at radius 1 is 1.29 bits per heavy atom. The molecule has 2 heterocycles. The minimum Gasteiger partial charge on any atom is -0.382 e. The van der Waals surface area contributed by atoms with Gasteiger partial charge in [-0.2, -0.15) is 0 Å². The number of hydrogen-bond acceptors (Lipinski definition) is 4. The Kier molecular flexibility index (Phi) is 10.7. The van der Waals surface area contributed by atoms with Gasteiger partial charge < -0.3 is 20.3 Å². The Hall–Kier alpha value is -1.09. The molecule has 1 aliphatic rings.